The Kier molecular flexibility index (Phi) is 10.2. The smallest absolute Gasteiger partial charge is 0.369 e. The first-order valence-corrected chi connectivity index (χ1v) is 18.3. The van der Waals surface area contributed by atoms with E-state index in [1.54, 1.807) is 56.7 Å². The number of sulfone groups is 1. The van der Waals surface area contributed by atoms with Crippen LogP contribution in [0.25, 0.3) is 11.0 Å². The number of halogens is 5. The lowest BCUT2D eigenvalue weighted by Crippen LogP contribution is -2.43. The number of amides is 2. The first-order valence-electron chi connectivity index (χ1n) is 15.7. The van der Waals surface area contributed by atoms with Crippen molar-refractivity contribution >= 4 is 73.2 Å². The zero-order valence-electron chi connectivity index (χ0n) is 27.1. The third-order valence-electron chi connectivity index (χ3n) is 8.98. The molecule has 16 heteroatoms. The summed E-state index contributed by atoms with van der Waals surface area (Å²) in [6.45, 7) is 5.95. The molecule has 0 unspecified atom stereocenters. The minimum absolute atomic E-state index is 0.0606. The largest absolute Gasteiger partial charge is 0.391 e. The monoisotopic (exact) mass is 730 g/mol. The number of rotatable bonds is 7. The van der Waals surface area contributed by atoms with Gasteiger partial charge in [-0.3, -0.25) is 9.59 Å². The summed E-state index contributed by atoms with van der Waals surface area (Å²) < 4.78 is 65.8. The van der Waals surface area contributed by atoms with Gasteiger partial charge in [0.2, 0.25) is 11.9 Å². The SMILES string of the molecule is Cn1c(Nc2c(Cl)ccc(CNC(=O)C(C)(C)C)c2Cl)nc2cc(C(=O)N[C@H]3CC[C@H](C(F)(F)F)CC3)c(N3CCS(=O)(=O)CC3)cc21. The van der Waals surface area contributed by atoms with Crippen molar-refractivity contribution in [2.45, 2.75) is 65.2 Å². The quantitative estimate of drug-likeness (QED) is 0.258. The van der Waals surface area contributed by atoms with E-state index in [0.717, 1.165) is 0 Å². The molecule has 48 heavy (non-hydrogen) atoms. The zero-order valence-corrected chi connectivity index (χ0v) is 29.4. The van der Waals surface area contributed by atoms with Crippen LogP contribution in [-0.2, 0) is 28.2 Å². The molecule has 1 saturated carbocycles. The molecule has 1 saturated heterocycles. The predicted molar refractivity (Wildman–Crippen MR) is 182 cm³/mol. The summed E-state index contributed by atoms with van der Waals surface area (Å²) >= 11 is 13.3. The molecule has 2 heterocycles. The van der Waals surface area contributed by atoms with Crippen molar-refractivity contribution in [1.29, 1.82) is 0 Å². The lowest BCUT2D eigenvalue weighted by molar-refractivity contribution is -0.182. The van der Waals surface area contributed by atoms with Crippen LogP contribution < -0.4 is 20.9 Å². The molecule has 0 bridgehead atoms. The maximum absolute atomic E-state index is 13.7. The Morgan fingerprint density at radius 2 is 1.67 bits per heavy atom. The predicted octanol–water partition coefficient (Wildman–Crippen LogP) is 6.37. The number of aromatic nitrogens is 2. The third-order valence-corrected chi connectivity index (χ3v) is 11.3. The summed E-state index contributed by atoms with van der Waals surface area (Å²) in [7, 11) is -1.46. The van der Waals surface area contributed by atoms with Crippen molar-refractivity contribution in [1.82, 2.24) is 20.2 Å². The molecule has 3 N–H and O–H groups in total. The molecule has 1 aliphatic carbocycles. The molecule has 0 spiro atoms. The van der Waals surface area contributed by atoms with Crippen LogP contribution in [0.5, 0.6) is 0 Å². The fraction of sp³-hybridized carbons (Fsp3) is 0.531. The van der Waals surface area contributed by atoms with Crippen LogP contribution in [0.4, 0.5) is 30.5 Å². The molecule has 2 aromatic carbocycles. The van der Waals surface area contributed by atoms with Crippen LogP contribution in [0.15, 0.2) is 24.3 Å². The number of fused-ring (bicyclic) bond motifs is 1. The summed E-state index contributed by atoms with van der Waals surface area (Å²) in [5.41, 5.74) is 2.23. The number of nitrogens with zero attached hydrogens (tertiary/aromatic N) is 3. The van der Waals surface area contributed by atoms with E-state index in [9.17, 15) is 31.2 Å². The van der Waals surface area contributed by atoms with Crippen molar-refractivity contribution in [3.63, 3.8) is 0 Å². The first kappa shape index (κ1) is 36.1. The highest BCUT2D eigenvalue weighted by molar-refractivity contribution is 7.91. The summed E-state index contributed by atoms with van der Waals surface area (Å²) in [6, 6.07) is 6.33. The van der Waals surface area contributed by atoms with Gasteiger partial charge in [0, 0.05) is 38.1 Å². The topological polar surface area (TPSA) is 125 Å². The summed E-state index contributed by atoms with van der Waals surface area (Å²) in [5, 5.41) is 9.58. The molecular weight excluding hydrogens is 692 g/mol. The van der Waals surface area contributed by atoms with E-state index < -0.39 is 39.3 Å². The number of benzene rings is 2. The highest BCUT2D eigenvalue weighted by Gasteiger charge is 2.41. The molecule has 0 atom stereocenters. The Labute approximate surface area is 287 Å². The van der Waals surface area contributed by atoms with E-state index in [2.05, 4.69) is 16.0 Å². The van der Waals surface area contributed by atoms with Gasteiger partial charge >= 0.3 is 6.18 Å². The Morgan fingerprint density at radius 1 is 1.02 bits per heavy atom. The van der Waals surface area contributed by atoms with Gasteiger partial charge in [0.05, 0.1) is 55.4 Å². The highest BCUT2D eigenvalue weighted by atomic mass is 35.5. The number of hydrogen-bond acceptors (Lipinski definition) is 7. The van der Waals surface area contributed by atoms with E-state index in [1.807, 2.05) is 4.90 Å². The van der Waals surface area contributed by atoms with E-state index in [0.29, 0.717) is 44.0 Å². The molecule has 1 aliphatic heterocycles. The van der Waals surface area contributed by atoms with Crippen molar-refractivity contribution < 1.29 is 31.2 Å². The van der Waals surface area contributed by atoms with Crippen molar-refractivity contribution in [2.75, 3.05) is 34.8 Å². The number of anilines is 3. The van der Waals surface area contributed by atoms with Gasteiger partial charge in [-0.25, -0.2) is 13.4 Å². The standard InChI is InChI=1S/C32H39Cl2F3N6O4S/c1-31(2,3)29(45)38-17-18-5-10-22(33)27(26(18)34)41-30-40-23-15-21(28(44)39-20-8-6-19(7-9-20)32(35,36)37)24(16-25(23)42(30)4)43-11-13-48(46,47)14-12-43/h5,10,15-16,19-20H,6-9,11-14,17H2,1-4H3,(H,38,45)(H,39,44)(H,40,41)/t19-,20-. The Hall–Kier alpha value is -3.23. The van der Waals surface area contributed by atoms with Gasteiger partial charge in [-0.2, -0.15) is 13.2 Å². The zero-order chi connectivity index (χ0) is 35.2. The van der Waals surface area contributed by atoms with Crippen molar-refractivity contribution in [3.05, 3.63) is 45.4 Å². The first-order chi connectivity index (χ1) is 22.3. The van der Waals surface area contributed by atoms with Crippen LogP contribution in [0, 0.1) is 11.3 Å². The molecule has 2 fully saturated rings. The van der Waals surface area contributed by atoms with Crippen LogP contribution in [0.2, 0.25) is 10.0 Å². The van der Waals surface area contributed by atoms with E-state index in [-0.39, 0.29) is 68.3 Å². The number of hydrogen-bond donors (Lipinski definition) is 3. The van der Waals surface area contributed by atoms with Gasteiger partial charge in [0.25, 0.3) is 5.91 Å². The van der Waals surface area contributed by atoms with Crippen molar-refractivity contribution in [2.24, 2.45) is 18.4 Å². The van der Waals surface area contributed by atoms with Gasteiger partial charge in [-0.15, -0.1) is 0 Å². The normalized spacial score (nSPS) is 20.1. The van der Waals surface area contributed by atoms with Gasteiger partial charge in [-0.05, 0) is 49.4 Å². The molecule has 2 aliphatic rings. The lowest BCUT2D eigenvalue weighted by Gasteiger charge is -2.32. The fourth-order valence-corrected chi connectivity index (χ4v) is 7.70. The molecule has 3 aromatic rings. The molecular formula is C32H39Cl2F3N6O4S. The number of alkyl halides is 3. The van der Waals surface area contributed by atoms with Gasteiger partial charge in [-0.1, -0.05) is 50.0 Å². The van der Waals surface area contributed by atoms with Gasteiger partial charge in [0.15, 0.2) is 9.84 Å². The lowest BCUT2D eigenvalue weighted by atomic mass is 9.85. The Bertz CT molecular complexity index is 1820. The maximum atomic E-state index is 13.7. The number of carbonyl (C=O) groups is 2. The molecule has 1 aromatic heterocycles. The van der Waals surface area contributed by atoms with E-state index in [1.165, 1.54) is 0 Å². The average Bonchev–Trinajstić information content (AvgIpc) is 3.31. The maximum Gasteiger partial charge on any atom is 0.391 e. The Morgan fingerprint density at radius 3 is 2.27 bits per heavy atom. The molecule has 262 valence electrons. The van der Waals surface area contributed by atoms with Crippen molar-refractivity contribution in [3.8, 4) is 0 Å². The second kappa shape index (κ2) is 13.6. The number of aryl methyl sites for hydroxylation is 1. The molecule has 0 radical (unpaired) electrons. The van der Waals surface area contributed by atoms with Crippen LogP contribution in [-0.4, -0.2) is 66.6 Å². The van der Waals surface area contributed by atoms with Crippen LogP contribution >= 0.6 is 23.2 Å². The summed E-state index contributed by atoms with van der Waals surface area (Å²) in [4.78, 5) is 32.7. The number of carbonyl (C=O) groups excluding carboxylic acids is 2. The van der Waals surface area contributed by atoms with Gasteiger partial charge < -0.3 is 25.4 Å². The summed E-state index contributed by atoms with van der Waals surface area (Å²) in [6.07, 6.45) is -3.98. The fourth-order valence-electron chi connectivity index (χ4n) is 5.96. The minimum Gasteiger partial charge on any atom is -0.369 e. The third kappa shape index (κ3) is 7.97. The highest BCUT2D eigenvalue weighted by Crippen LogP contribution is 2.39. The van der Waals surface area contributed by atoms with Crippen LogP contribution in [0.3, 0.4) is 0 Å². The average molecular weight is 732 g/mol. The van der Waals surface area contributed by atoms with E-state index >= 15 is 0 Å². The van der Waals surface area contributed by atoms with Crippen LogP contribution in [0.1, 0.15) is 62.4 Å². The molecule has 2 amide bonds. The Balaban J connectivity index is 1.45. The van der Waals surface area contributed by atoms with Gasteiger partial charge in [0.1, 0.15) is 0 Å². The molecule has 5 rings (SSSR count). The summed E-state index contributed by atoms with van der Waals surface area (Å²) in [5.74, 6) is -1.79. The molecule has 10 nitrogen and oxygen atoms in total. The minimum atomic E-state index is -4.26. The second-order valence-electron chi connectivity index (χ2n) is 13.5. The second-order valence-corrected chi connectivity index (χ2v) is 16.6. The number of nitrogens with one attached hydrogen (secondary N) is 3. The van der Waals surface area contributed by atoms with E-state index in [4.69, 9.17) is 28.2 Å². The number of imidazole rings is 1.